The molecule has 0 amide bonds. The molecule has 2 aromatic heterocycles. The monoisotopic (exact) mass is 292 g/mol. The summed E-state index contributed by atoms with van der Waals surface area (Å²) in [4.78, 5) is 17.9. The zero-order valence-electron chi connectivity index (χ0n) is 11.7. The molecule has 108 valence electrons. The van der Waals surface area contributed by atoms with Crippen molar-refractivity contribution in [3.63, 3.8) is 0 Å². The first-order chi connectivity index (χ1) is 9.78. The van der Waals surface area contributed by atoms with Crippen molar-refractivity contribution in [3.8, 4) is 0 Å². The van der Waals surface area contributed by atoms with Crippen LogP contribution in [0.1, 0.15) is 37.8 Å². The molecule has 0 radical (unpaired) electrons. The summed E-state index contributed by atoms with van der Waals surface area (Å²) in [6.07, 6.45) is 9.99. The van der Waals surface area contributed by atoms with Crippen LogP contribution in [-0.4, -0.2) is 28.4 Å². The molecular formula is C15H20N2O2S. The van der Waals surface area contributed by atoms with Gasteiger partial charge in [-0.25, -0.2) is 4.98 Å². The lowest BCUT2D eigenvalue weighted by Crippen LogP contribution is -2.34. The Bertz CT molecular complexity index is 555. The van der Waals surface area contributed by atoms with Gasteiger partial charge in [-0.15, -0.1) is 11.3 Å². The van der Waals surface area contributed by atoms with Crippen molar-refractivity contribution in [2.24, 2.45) is 5.92 Å². The Morgan fingerprint density at radius 1 is 1.50 bits per heavy atom. The van der Waals surface area contributed by atoms with Crippen molar-refractivity contribution in [1.29, 1.82) is 0 Å². The van der Waals surface area contributed by atoms with Crippen molar-refractivity contribution in [2.45, 2.75) is 44.6 Å². The lowest BCUT2D eigenvalue weighted by atomic mass is 9.83. The summed E-state index contributed by atoms with van der Waals surface area (Å²) in [5.74, 6) is 0.565. The summed E-state index contributed by atoms with van der Waals surface area (Å²) >= 11 is 1.59. The van der Waals surface area contributed by atoms with E-state index in [0.29, 0.717) is 12.3 Å². The third-order valence-corrected chi connectivity index (χ3v) is 4.92. The molecule has 20 heavy (non-hydrogen) atoms. The number of thiazole rings is 1. The van der Waals surface area contributed by atoms with Crippen molar-refractivity contribution >= 4 is 22.1 Å². The maximum atomic E-state index is 12.5. The predicted molar refractivity (Wildman–Crippen MR) is 79.2 cm³/mol. The van der Waals surface area contributed by atoms with E-state index in [2.05, 4.69) is 4.98 Å². The molecule has 0 bridgehead atoms. The number of Topliss-reactive ketones (excluding diaryl/α,β-unsaturated/α-hetero) is 1. The van der Waals surface area contributed by atoms with E-state index in [1.54, 1.807) is 18.4 Å². The van der Waals surface area contributed by atoms with Crippen molar-refractivity contribution < 1.29 is 9.53 Å². The normalized spacial score (nSPS) is 18.4. The van der Waals surface area contributed by atoms with Crippen LogP contribution in [-0.2, 0) is 16.0 Å². The largest absolute Gasteiger partial charge is 0.373 e. The summed E-state index contributed by atoms with van der Waals surface area (Å²) in [5, 5.41) is 1.99. The highest BCUT2D eigenvalue weighted by Gasteiger charge is 2.29. The van der Waals surface area contributed by atoms with Crippen LogP contribution in [0.25, 0.3) is 4.96 Å². The van der Waals surface area contributed by atoms with Crippen LogP contribution >= 0.6 is 11.3 Å². The number of imidazole rings is 1. The average molecular weight is 292 g/mol. The zero-order chi connectivity index (χ0) is 13.9. The number of carbonyl (C=O) groups excluding carboxylic acids is 1. The van der Waals surface area contributed by atoms with E-state index in [-0.39, 0.29) is 11.9 Å². The first kappa shape index (κ1) is 13.8. The lowest BCUT2D eigenvalue weighted by Gasteiger charge is -2.28. The number of methoxy groups -OCH3 is 1. The average Bonchev–Trinajstić information content (AvgIpc) is 3.01. The second kappa shape index (κ2) is 6.06. The number of hydrogen-bond acceptors (Lipinski definition) is 4. The molecule has 0 aromatic carbocycles. The molecule has 1 atom stereocenters. The minimum Gasteiger partial charge on any atom is -0.373 e. The van der Waals surface area contributed by atoms with Crippen LogP contribution in [0.5, 0.6) is 0 Å². The Morgan fingerprint density at radius 2 is 2.30 bits per heavy atom. The smallest absolute Gasteiger partial charge is 0.193 e. The molecule has 2 heterocycles. The second-order valence-corrected chi connectivity index (χ2v) is 6.40. The van der Waals surface area contributed by atoms with E-state index in [0.717, 1.165) is 23.5 Å². The van der Waals surface area contributed by atoms with Gasteiger partial charge in [-0.2, -0.15) is 0 Å². The maximum absolute atomic E-state index is 12.5. The second-order valence-electron chi connectivity index (χ2n) is 5.52. The van der Waals surface area contributed by atoms with E-state index in [9.17, 15) is 4.79 Å². The minimum absolute atomic E-state index is 0.171. The molecule has 0 N–H and O–H groups in total. The molecule has 3 rings (SSSR count). The molecule has 0 spiro atoms. The van der Waals surface area contributed by atoms with Crippen LogP contribution in [0.3, 0.4) is 0 Å². The molecule has 1 aliphatic rings. The highest BCUT2D eigenvalue weighted by molar-refractivity contribution is 7.15. The molecule has 1 fully saturated rings. The summed E-state index contributed by atoms with van der Waals surface area (Å²) < 4.78 is 7.47. The fraction of sp³-hybridized carbons (Fsp3) is 0.600. The Hall–Kier alpha value is -1.20. The molecule has 4 nitrogen and oxygen atoms in total. The van der Waals surface area contributed by atoms with Crippen LogP contribution < -0.4 is 0 Å². The quantitative estimate of drug-likeness (QED) is 0.850. The first-order valence-corrected chi connectivity index (χ1v) is 8.12. The number of nitrogens with zero attached hydrogens (tertiary/aromatic N) is 2. The number of rotatable bonds is 5. The van der Waals surface area contributed by atoms with Gasteiger partial charge in [0.2, 0.25) is 0 Å². The predicted octanol–water partition coefficient (Wildman–Crippen LogP) is 3.10. The van der Waals surface area contributed by atoms with Gasteiger partial charge in [0.1, 0.15) is 6.10 Å². The summed E-state index contributed by atoms with van der Waals surface area (Å²) in [6.45, 7) is 0. The Labute approximate surface area is 122 Å². The minimum atomic E-state index is -0.255. The molecule has 5 heteroatoms. The van der Waals surface area contributed by atoms with E-state index in [4.69, 9.17) is 4.74 Å². The van der Waals surface area contributed by atoms with Gasteiger partial charge < -0.3 is 4.74 Å². The number of aromatic nitrogens is 2. The topological polar surface area (TPSA) is 43.6 Å². The van der Waals surface area contributed by atoms with Gasteiger partial charge in [0.25, 0.3) is 0 Å². The molecule has 0 aliphatic heterocycles. The van der Waals surface area contributed by atoms with E-state index in [1.165, 1.54) is 19.3 Å². The van der Waals surface area contributed by atoms with E-state index in [1.807, 2.05) is 22.2 Å². The van der Waals surface area contributed by atoms with E-state index >= 15 is 0 Å². The van der Waals surface area contributed by atoms with Crippen molar-refractivity contribution in [1.82, 2.24) is 9.38 Å². The molecule has 0 saturated heterocycles. The van der Waals surface area contributed by atoms with Gasteiger partial charge in [-0.1, -0.05) is 19.3 Å². The number of fused-ring (bicyclic) bond motifs is 1. The third-order valence-electron chi connectivity index (χ3n) is 4.15. The SMILES string of the molecule is COC(C(=O)Cc1cn2ccsc2n1)C1CCCCC1. The first-order valence-electron chi connectivity index (χ1n) is 7.24. The number of carbonyl (C=O) groups is 1. The van der Waals surface area contributed by atoms with Gasteiger partial charge in [-0.05, 0) is 18.8 Å². The number of ether oxygens (including phenoxy) is 1. The standard InChI is InChI=1S/C15H20N2O2S/c1-19-14(11-5-3-2-4-6-11)13(18)9-12-10-17-7-8-20-15(17)16-12/h7-8,10-11,14H,2-6,9H2,1H3. The van der Waals surface area contributed by atoms with Gasteiger partial charge in [0.05, 0.1) is 12.1 Å². The summed E-state index contributed by atoms with van der Waals surface area (Å²) in [5.41, 5.74) is 0.847. The van der Waals surface area contributed by atoms with Crippen LogP contribution in [0.15, 0.2) is 17.8 Å². The fourth-order valence-electron chi connectivity index (χ4n) is 3.16. The van der Waals surface area contributed by atoms with Gasteiger partial charge in [0.15, 0.2) is 10.7 Å². The van der Waals surface area contributed by atoms with Crippen LogP contribution in [0.4, 0.5) is 0 Å². The lowest BCUT2D eigenvalue weighted by molar-refractivity contribution is -0.132. The molecule has 1 saturated carbocycles. The maximum Gasteiger partial charge on any atom is 0.193 e. The highest BCUT2D eigenvalue weighted by Crippen LogP contribution is 2.28. The molecular weight excluding hydrogens is 272 g/mol. The molecule has 2 aromatic rings. The Kier molecular flexibility index (Phi) is 4.17. The summed E-state index contributed by atoms with van der Waals surface area (Å²) in [7, 11) is 1.66. The van der Waals surface area contributed by atoms with Gasteiger partial charge >= 0.3 is 0 Å². The third kappa shape index (κ3) is 2.79. The Balaban J connectivity index is 1.68. The number of ketones is 1. The molecule has 1 aliphatic carbocycles. The van der Waals surface area contributed by atoms with Crippen molar-refractivity contribution in [3.05, 3.63) is 23.5 Å². The van der Waals surface area contributed by atoms with Crippen LogP contribution in [0.2, 0.25) is 0 Å². The number of hydrogen-bond donors (Lipinski definition) is 0. The summed E-state index contributed by atoms with van der Waals surface area (Å²) in [6, 6.07) is 0. The highest BCUT2D eigenvalue weighted by atomic mass is 32.1. The Morgan fingerprint density at radius 3 is 3.00 bits per heavy atom. The molecule has 1 unspecified atom stereocenters. The van der Waals surface area contributed by atoms with E-state index < -0.39 is 0 Å². The van der Waals surface area contributed by atoms with Crippen LogP contribution in [0, 0.1) is 5.92 Å². The van der Waals surface area contributed by atoms with Gasteiger partial charge in [0, 0.05) is 24.9 Å². The van der Waals surface area contributed by atoms with Gasteiger partial charge in [-0.3, -0.25) is 9.20 Å². The fourth-order valence-corrected chi connectivity index (χ4v) is 3.88. The zero-order valence-corrected chi connectivity index (χ0v) is 12.6. The van der Waals surface area contributed by atoms with Crippen molar-refractivity contribution in [2.75, 3.05) is 7.11 Å².